The second-order valence-corrected chi connectivity index (χ2v) is 7.10. The number of hydrogen-bond donors (Lipinski definition) is 1. The SMILES string of the molecule is O=S(=O)(N[C@@H]1CCc2ccccc21)c1ccc(Cl)cc1F. The van der Waals surface area contributed by atoms with Gasteiger partial charge in [-0.3, -0.25) is 0 Å². The summed E-state index contributed by atoms with van der Waals surface area (Å²) in [6, 6.07) is 10.9. The van der Waals surface area contributed by atoms with Gasteiger partial charge in [0.25, 0.3) is 0 Å². The maximum atomic E-state index is 13.8. The molecule has 0 spiro atoms. The van der Waals surface area contributed by atoms with Crippen LogP contribution in [0, 0.1) is 5.82 Å². The summed E-state index contributed by atoms with van der Waals surface area (Å²) < 4.78 is 41.1. The molecule has 1 aliphatic carbocycles. The van der Waals surface area contributed by atoms with Crippen molar-refractivity contribution < 1.29 is 12.8 Å². The molecule has 1 N–H and O–H groups in total. The zero-order valence-corrected chi connectivity index (χ0v) is 12.6. The molecule has 3 nitrogen and oxygen atoms in total. The third-order valence-corrected chi connectivity index (χ3v) is 5.35. The Morgan fingerprint density at radius 3 is 2.71 bits per heavy atom. The van der Waals surface area contributed by atoms with Crippen LogP contribution in [0.3, 0.4) is 0 Å². The molecule has 0 saturated heterocycles. The fraction of sp³-hybridized carbons (Fsp3) is 0.200. The zero-order valence-electron chi connectivity index (χ0n) is 11.0. The van der Waals surface area contributed by atoms with Gasteiger partial charge in [0.2, 0.25) is 10.0 Å². The fourth-order valence-electron chi connectivity index (χ4n) is 2.62. The Balaban J connectivity index is 1.91. The number of sulfonamides is 1. The van der Waals surface area contributed by atoms with E-state index in [2.05, 4.69) is 4.72 Å². The van der Waals surface area contributed by atoms with Gasteiger partial charge in [0.15, 0.2) is 0 Å². The van der Waals surface area contributed by atoms with E-state index in [-0.39, 0.29) is 16.0 Å². The highest BCUT2D eigenvalue weighted by molar-refractivity contribution is 7.89. The van der Waals surface area contributed by atoms with Crippen molar-refractivity contribution in [2.24, 2.45) is 0 Å². The van der Waals surface area contributed by atoms with Crippen molar-refractivity contribution in [2.75, 3.05) is 0 Å². The van der Waals surface area contributed by atoms with Crippen LogP contribution in [0.15, 0.2) is 47.4 Å². The smallest absolute Gasteiger partial charge is 0.207 e. The van der Waals surface area contributed by atoms with E-state index in [0.29, 0.717) is 6.42 Å². The predicted molar refractivity (Wildman–Crippen MR) is 79.2 cm³/mol. The third kappa shape index (κ3) is 2.81. The molecule has 110 valence electrons. The molecule has 2 aromatic carbocycles. The first-order valence-corrected chi connectivity index (χ1v) is 8.39. The van der Waals surface area contributed by atoms with Crippen molar-refractivity contribution in [1.82, 2.24) is 4.72 Å². The lowest BCUT2D eigenvalue weighted by Crippen LogP contribution is -2.28. The molecule has 0 amide bonds. The van der Waals surface area contributed by atoms with Gasteiger partial charge in [0, 0.05) is 11.1 Å². The molecule has 2 aromatic rings. The van der Waals surface area contributed by atoms with Gasteiger partial charge in [-0.25, -0.2) is 17.5 Å². The molecule has 1 aliphatic rings. The number of hydrogen-bond acceptors (Lipinski definition) is 2. The quantitative estimate of drug-likeness (QED) is 0.939. The van der Waals surface area contributed by atoms with Crippen molar-refractivity contribution in [2.45, 2.75) is 23.8 Å². The summed E-state index contributed by atoms with van der Waals surface area (Å²) in [6.07, 6.45) is 1.49. The first-order valence-electron chi connectivity index (χ1n) is 6.52. The minimum Gasteiger partial charge on any atom is -0.207 e. The van der Waals surface area contributed by atoms with Gasteiger partial charge in [-0.2, -0.15) is 0 Å². The van der Waals surface area contributed by atoms with Crippen LogP contribution in [0.4, 0.5) is 4.39 Å². The second kappa shape index (κ2) is 5.40. The molecule has 0 saturated carbocycles. The lowest BCUT2D eigenvalue weighted by Gasteiger charge is -2.15. The third-order valence-electron chi connectivity index (χ3n) is 3.61. The topological polar surface area (TPSA) is 46.2 Å². The Bertz CT molecular complexity index is 792. The van der Waals surface area contributed by atoms with Crippen molar-refractivity contribution in [3.63, 3.8) is 0 Å². The minimum absolute atomic E-state index is 0.165. The summed E-state index contributed by atoms with van der Waals surface area (Å²) in [4.78, 5) is -0.378. The number of rotatable bonds is 3. The standard InChI is InChI=1S/C15H13ClFNO2S/c16-11-6-8-15(13(17)9-11)21(19,20)18-14-7-5-10-3-1-2-4-12(10)14/h1-4,6,8-9,14,18H,5,7H2/t14-/m1/s1. The van der Waals surface area contributed by atoms with Crippen molar-refractivity contribution in [3.8, 4) is 0 Å². The van der Waals surface area contributed by atoms with E-state index in [0.717, 1.165) is 23.6 Å². The van der Waals surface area contributed by atoms with Crippen LogP contribution in [0.25, 0.3) is 0 Å². The molecule has 6 heteroatoms. The average Bonchev–Trinajstić information content (AvgIpc) is 2.81. The summed E-state index contributed by atoms with van der Waals surface area (Å²) in [6.45, 7) is 0. The highest BCUT2D eigenvalue weighted by Gasteiger charge is 2.28. The number of halogens is 2. The van der Waals surface area contributed by atoms with Crippen molar-refractivity contribution >= 4 is 21.6 Å². The second-order valence-electron chi connectivity index (χ2n) is 4.99. The van der Waals surface area contributed by atoms with E-state index in [9.17, 15) is 12.8 Å². The van der Waals surface area contributed by atoms with Gasteiger partial charge in [-0.1, -0.05) is 35.9 Å². The van der Waals surface area contributed by atoms with Gasteiger partial charge in [0.05, 0.1) is 0 Å². The van der Waals surface area contributed by atoms with E-state index in [1.165, 1.54) is 12.1 Å². The molecule has 3 rings (SSSR count). The van der Waals surface area contributed by atoms with Gasteiger partial charge in [-0.15, -0.1) is 0 Å². The van der Waals surface area contributed by atoms with Crippen molar-refractivity contribution in [1.29, 1.82) is 0 Å². The number of fused-ring (bicyclic) bond motifs is 1. The first-order chi connectivity index (χ1) is 9.97. The van der Waals surface area contributed by atoms with E-state index in [4.69, 9.17) is 11.6 Å². The molecule has 0 heterocycles. The molecule has 0 unspecified atom stereocenters. The Morgan fingerprint density at radius 2 is 1.95 bits per heavy atom. The molecule has 0 aromatic heterocycles. The van der Waals surface area contributed by atoms with E-state index in [1.807, 2.05) is 24.3 Å². The van der Waals surface area contributed by atoms with E-state index >= 15 is 0 Å². The Morgan fingerprint density at radius 1 is 1.19 bits per heavy atom. The average molecular weight is 326 g/mol. The summed E-state index contributed by atoms with van der Waals surface area (Å²) in [5, 5.41) is 0.165. The van der Waals surface area contributed by atoms with Gasteiger partial charge in [0.1, 0.15) is 10.7 Å². The molecule has 21 heavy (non-hydrogen) atoms. The van der Waals surface area contributed by atoms with Crippen LogP contribution < -0.4 is 4.72 Å². The molecule has 1 atom stereocenters. The maximum absolute atomic E-state index is 13.8. The molecule has 0 aliphatic heterocycles. The van der Waals surface area contributed by atoms with Gasteiger partial charge in [-0.05, 0) is 42.2 Å². The van der Waals surface area contributed by atoms with Gasteiger partial charge >= 0.3 is 0 Å². The van der Waals surface area contributed by atoms with Crippen LogP contribution in [0.2, 0.25) is 5.02 Å². The number of nitrogens with one attached hydrogen (secondary N) is 1. The van der Waals surface area contributed by atoms with Crippen molar-refractivity contribution in [3.05, 3.63) is 64.4 Å². The molecular formula is C15H13ClFNO2S. The van der Waals surface area contributed by atoms with Crippen LogP contribution in [0.1, 0.15) is 23.6 Å². The summed E-state index contributed by atoms with van der Waals surface area (Å²) in [7, 11) is -3.92. The Labute approximate surface area is 127 Å². The lowest BCUT2D eigenvalue weighted by molar-refractivity contribution is 0.538. The lowest BCUT2D eigenvalue weighted by atomic mass is 10.1. The van der Waals surface area contributed by atoms with E-state index in [1.54, 1.807) is 0 Å². The Hall–Kier alpha value is -1.43. The normalized spacial score (nSPS) is 17.7. The van der Waals surface area contributed by atoms with Crippen LogP contribution in [0.5, 0.6) is 0 Å². The minimum atomic E-state index is -3.92. The van der Waals surface area contributed by atoms with Crippen LogP contribution in [-0.4, -0.2) is 8.42 Å². The molecule has 0 fully saturated rings. The summed E-state index contributed by atoms with van der Waals surface area (Å²) in [5.74, 6) is -0.846. The predicted octanol–water partition coefficient (Wildman–Crippen LogP) is 3.44. The van der Waals surface area contributed by atoms with Crippen LogP contribution >= 0.6 is 11.6 Å². The highest BCUT2D eigenvalue weighted by atomic mass is 35.5. The zero-order chi connectivity index (χ0) is 15.0. The Kier molecular flexibility index (Phi) is 3.73. The summed E-state index contributed by atoms with van der Waals surface area (Å²) >= 11 is 5.65. The molecule has 0 radical (unpaired) electrons. The highest BCUT2D eigenvalue weighted by Crippen LogP contribution is 2.32. The largest absolute Gasteiger partial charge is 0.244 e. The molecule has 0 bridgehead atoms. The van der Waals surface area contributed by atoms with Gasteiger partial charge < -0.3 is 0 Å². The van der Waals surface area contributed by atoms with Crippen LogP contribution in [-0.2, 0) is 16.4 Å². The first kappa shape index (κ1) is 14.5. The number of aryl methyl sites for hydroxylation is 1. The fourth-order valence-corrected chi connectivity index (χ4v) is 4.09. The van der Waals surface area contributed by atoms with E-state index < -0.39 is 15.8 Å². The molecular weight excluding hydrogens is 313 g/mol. The summed E-state index contributed by atoms with van der Waals surface area (Å²) in [5.41, 5.74) is 2.08. The maximum Gasteiger partial charge on any atom is 0.244 e. The number of benzene rings is 2. The monoisotopic (exact) mass is 325 g/mol.